The van der Waals surface area contributed by atoms with Crippen LogP contribution in [0.4, 0.5) is 45.5 Å². The molecule has 62 heavy (non-hydrogen) atoms. The molecule has 0 unspecified atom stereocenters. The minimum atomic E-state index is 0.362. The van der Waals surface area contributed by atoms with E-state index in [9.17, 15) is 0 Å². The van der Waals surface area contributed by atoms with Crippen LogP contribution in [0.1, 0.15) is 163 Å². The highest BCUT2D eigenvalue weighted by atomic mass is 15.5. The molecule has 0 amide bonds. The smallest absolute Gasteiger partial charge is 0.166 e. The number of benzene rings is 6. The zero-order valence-electron chi connectivity index (χ0n) is 39.8. The monoisotopic (exact) mass is 821 g/mol. The highest BCUT2D eigenvalue weighted by Gasteiger charge is 2.45. The summed E-state index contributed by atoms with van der Waals surface area (Å²) in [6.45, 7) is 32.1. The van der Waals surface area contributed by atoms with Gasteiger partial charge in [0.25, 0.3) is 0 Å². The third kappa shape index (κ3) is 7.61. The third-order valence-electron chi connectivity index (χ3n) is 13.3. The molecule has 0 radical (unpaired) electrons. The lowest BCUT2D eigenvalue weighted by atomic mass is 9.96. The molecule has 0 aliphatic carbocycles. The molecule has 6 aromatic carbocycles. The topological polar surface area (TPSA) is 13.0 Å². The summed E-state index contributed by atoms with van der Waals surface area (Å²) in [6, 6.07) is 47.1. The van der Waals surface area contributed by atoms with Crippen LogP contribution in [0.3, 0.4) is 0 Å². The molecule has 0 bridgehead atoms. The van der Waals surface area contributed by atoms with Gasteiger partial charge in [-0.3, -0.25) is 19.6 Å². The first kappa shape index (κ1) is 42.9. The van der Waals surface area contributed by atoms with Crippen molar-refractivity contribution >= 4 is 45.5 Å². The first-order valence-corrected chi connectivity index (χ1v) is 23.2. The normalized spacial score (nSPS) is 15.2. The van der Waals surface area contributed by atoms with Gasteiger partial charge in [-0.1, -0.05) is 132 Å². The molecule has 6 aromatic rings. The summed E-state index contributed by atoms with van der Waals surface area (Å²) in [5.74, 6) is 4.62. The van der Waals surface area contributed by atoms with E-state index in [1.807, 2.05) is 0 Å². The maximum absolute atomic E-state index is 2.56. The second-order valence-electron chi connectivity index (χ2n) is 19.7. The van der Waals surface area contributed by atoms with Gasteiger partial charge in [0.2, 0.25) is 0 Å². The van der Waals surface area contributed by atoms with Gasteiger partial charge in [0, 0.05) is 22.7 Å². The lowest BCUT2D eigenvalue weighted by molar-refractivity contribution is 0.856. The standard InChI is InChI=1S/C58H68N4/c1-35(2)43-15-23-47(24-16-43)59-53-31-41(13)51(39(9)10)33-55(53)61(49-27-19-45(20-28-49)37(5)6)57(59)58-60(48-25-17-44(18-26-48)36(3)4)54-32-42(14)52(40(11)12)34-56(54)62(58)50-29-21-46(22-30-50)38(7)8/h15-40H,1-14H3/b58-57+. The number of fused-ring (bicyclic) bond motifs is 2. The van der Waals surface area contributed by atoms with E-state index in [0.717, 1.165) is 34.4 Å². The lowest BCUT2D eigenvalue weighted by Gasteiger charge is -2.34. The molecule has 8 rings (SSSR count). The Morgan fingerprint density at radius 1 is 0.274 bits per heavy atom. The molecule has 0 atom stereocenters. The molecular formula is C58H68N4. The minimum Gasteiger partial charge on any atom is -0.291 e. The van der Waals surface area contributed by atoms with Crippen molar-refractivity contribution in [3.8, 4) is 0 Å². The van der Waals surface area contributed by atoms with Crippen LogP contribution >= 0.6 is 0 Å². The predicted octanol–water partition coefficient (Wildman–Crippen LogP) is 17.5. The van der Waals surface area contributed by atoms with Crippen LogP contribution in [0.5, 0.6) is 0 Å². The van der Waals surface area contributed by atoms with E-state index in [-0.39, 0.29) is 0 Å². The summed E-state index contributed by atoms with van der Waals surface area (Å²) in [6.07, 6.45) is 0. The van der Waals surface area contributed by atoms with Gasteiger partial charge in [0.1, 0.15) is 0 Å². The lowest BCUT2D eigenvalue weighted by Crippen LogP contribution is -2.33. The van der Waals surface area contributed by atoms with Crippen LogP contribution in [-0.4, -0.2) is 0 Å². The number of rotatable bonds is 10. The Morgan fingerprint density at radius 3 is 0.677 bits per heavy atom. The van der Waals surface area contributed by atoms with E-state index in [1.54, 1.807) is 0 Å². The van der Waals surface area contributed by atoms with Crippen LogP contribution in [0.2, 0.25) is 0 Å². The fourth-order valence-corrected chi connectivity index (χ4v) is 9.49. The van der Waals surface area contributed by atoms with E-state index in [1.165, 1.54) is 67.3 Å². The van der Waals surface area contributed by atoms with Gasteiger partial charge in [-0.2, -0.15) is 0 Å². The van der Waals surface area contributed by atoms with Crippen LogP contribution in [0.25, 0.3) is 0 Å². The van der Waals surface area contributed by atoms with Gasteiger partial charge in [0.05, 0.1) is 22.7 Å². The third-order valence-corrected chi connectivity index (χ3v) is 13.3. The highest BCUT2D eigenvalue weighted by molar-refractivity contribution is 6.00. The molecule has 0 saturated heterocycles. The maximum atomic E-state index is 2.56. The quantitative estimate of drug-likeness (QED) is 0.136. The Morgan fingerprint density at radius 2 is 0.484 bits per heavy atom. The van der Waals surface area contributed by atoms with Crippen molar-refractivity contribution < 1.29 is 0 Å². The second kappa shape index (κ2) is 16.9. The molecule has 4 heteroatoms. The van der Waals surface area contributed by atoms with E-state index in [4.69, 9.17) is 0 Å². The van der Waals surface area contributed by atoms with Crippen LogP contribution < -0.4 is 19.6 Å². The molecule has 320 valence electrons. The van der Waals surface area contributed by atoms with Gasteiger partial charge < -0.3 is 0 Å². The Bertz CT molecular complexity index is 2410. The fourth-order valence-electron chi connectivity index (χ4n) is 9.49. The Labute approximate surface area is 373 Å². The summed E-state index contributed by atoms with van der Waals surface area (Å²) < 4.78 is 0. The SMILES string of the molecule is Cc1cc2c(cc1C(C)C)N(c1ccc(C(C)C)cc1)/C(=C1\N(c3ccc(C(C)C)cc3)c3cc(C)c(C(C)C)cc3N1c1ccc(C(C)C)cc1)N2c1ccc(C(C)C)cc1. The Kier molecular flexibility index (Phi) is 11.7. The first-order valence-electron chi connectivity index (χ1n) is 23.2. The summed E-state index contributed by atoms with van der Waals surface area (Å²) in [4.78, 5) is 10.2. The van der Waals surface area contributed by atoms with Crippen molar-refractivity contribution in [3.63, 3.8) is 0 Å². The zero-order valence-corrected chi connectivity index (χ0v) is 39.8. The largest absolute Gasteiger partial charge is 0.291 e. The average molecular weight is 821 g/mol. The highest BCUT2D eigenvalue weighted by Crippen LogP contribution is 2.58. The zero-order chi connectivity index (χ0) is 44.3. The molecule has 2 aliphatic rings. The van der Waals surface area contributed by atoms with E-state index < -0.39 is 0 Å². The molecule has 4 nitrogen and oxygen atoms in total. The van der Waals surface area contributed by atoms with Crippen molar-refractivity contribution in [1.82, 2.24) is 0 Å². The van der Waals surface area contributed by atoms with Crippen LogP contribution in [-0.2, 0) is 0 Å². The molecule has 2 aliphatic heterocycles. The summed E-state index contributed by atoms with van der Waals surface area (Å²) in [5.41, 5.74) is 19.9. The summed E-state index contributed by atoms with van der Waals surface area (Å²) >= 11 is 0. The number of aryl methyl sites for hydroxylation is 2. The average Bonchev–Trinajstić information content (AvgIpc) is 3.74. The minimum absolute atomic E-state index is 0.362. The second-order valence-corrected chi connectivity index (χ2v) is 19.7. The van der Waals surface area contributed by atoms with Crippen molar-refractivity contribution in [2.45, 2.75) is 132 Å². The first-order chi connectivity index (χ1) is 29.5. The maximum Gasteiger partial charge on any atom is 0.166 e. The molecule has 0 spiro atoms. The van der Waals surface area contributed by atoms with Crippen molar-refractivity contribution in [2.24, 2.45) is 0 Å². The molecule has 0 saturated carbocycles. The van der Waals surface area contributed by atoms with Crippen molar-refractivity contribution in [1.29, 1.82) is 0 Å². The summed E-state index contributed by atoms with van der Waals surface area (Å²) in [7, 11) is 0. The van der Waals surface area contributed by atoms with Gasteiger partial charge in [-0.05, 0) is 167 Å². The van der Waals surface area contributed by atoms with Gasteiger partial charge in [-0.25, -0.2) is 0 Å². The van der Waals surface area contributed by atoms with Crippen molar-refractivity contribution in [3.05, 3.63) is 177 Å². The van der Waals surface area contributed by atoms with Gasteiger partial charge in [0.15, 0.2) is 11.6 Å². The molecular weight excluding hydrogens is 753 g/mol. The van der Waals surface area contributed by atoms with Gasteiger partial charge >= 0.3 is 0 Å². The molecule has 2 heterocycles. The van der Waals surface area contributed by atoms with Gasteiger partial charge in [-0.15, -0.1) is 0 Å². The Hall–Kier alpha value is -5.74. The molecule has 0 aromatic heterocycles. The van der Waals surface area contributed by atoms with Crippen LogP contribution in [0.15, 0.2) is 133 Å². The summed E-state index contributed by atoms with van der Waals surface area (Å²) in [5, 5.41) is 0. The number of hydrogen-bond donors (Lipinski definition) is 0. The number of hydrogen-bond acceptors (Lipinski definition) is 4. The predicted molar refractivity (Wildman–Crippen MR) is 268 cm³/mol. The Balaban J connectivity index is 1.56. The number of anilines is 8. The van der Waals surface area contributed by atoms with E-state index >= 15 is 0 Å². The number of nitrogens with zero attached hydrogens (tertiary/aromatic N) is 4. The fraction of sp³-hybridized carbons (Fsp3) is 0.345. The van der Waals surface area contributed by atoms with E-state index in [2.05, 4.69) is 238 Å². The van der Waals surface area contributed by atoms with E-state index in [0.29, 0.717) is 35.5 Å². The molecule has 0 fully saturated rings. The van der Waals surface area contributed by atoms with Crippen LogP contribution in [0, 0.1) is 13.8 Å². The molecule has 0 N–H and O–H groups in total. The van der Waals surface area contributed by atoms with Crippen molar-refractivity contribution in [2.75, 3.05) is 19.6 Å².